The van der Waals surface area contributed by atoms with Gasteiger partial charge in [-0.1, -0.05) is 6.07 Å². The van der Waals surface area contributed by atoms with Gasteiger partial charge in [-0.05, 0) is 17.5 Å². The third-order valence-corrected chi connectivity index (χ3v) is 5.18. The lowest BCUT2D eigenvalue weighted by Crippen LogP contribution is -2.30. The quantitative estimate of drug-likeness (QED) is 0.386. The number of methoxy groups -OCH3 is 1. The summed E-state index contributed by atoms with van der Waals surface area (Å²) in [5, 5.41) is 15.6. The number of carbonyl (C=O) groups is 1. The van der Waals surface area contributed by atoms with Crippen molar-refractivity contribution < 1.29 is 19.2 Å². The number of rotatable bonds is 10. The number of thiophene rings is 1. The number of nitrogens with one attached hydrogen (secondary N) is 1. The van der Waals surface area contributed by atoms with Gasteiger partial charge in [0.1, 0.15) is 0 Å². The van der Waals surface area contributed by atoms with Gasteiger partial charge in [0, 0.05) is 29.0 Å². The van der Waals surface area contributed by atoms with Crippen molar-refractivity contribution in [1.29, 1.82) is 0 Å². The molecule has 2 rings (SSSR count). The highest BCUT2D eigenvalue weighted by molar-refractivity contribution is 7.98. The van der Waals surface area contributed by atoms with E-state index < -0.39 is 4.92 Å². The highest BCUT2D eigenvalue weighted by Crippen LogP contribution is 2.30. The molecule has 0 aliphatic rings. The van der Waals surface area contributed by atoms with Gasteiger partial charge in [0.2, 0.25) is 0 Å². The molecule has 1 heterocycles. The zero-order chi connectivity index (χ0) is 18.1. The van der Waals surface area contributed by atoms with Crippen LogP contribution >= 0.6 is 23.1 Å². The Labute approximate surface area is 153 Å². The van der Waals surface area contributed by atoms with Gasteiger partial charge in [0.15, 0.2) is 18.1 Å². The van der Waals surface area contributed by atoms with E-state index in [2.05, 4.69) is 11.4 Å². The van der Waals surface area contributed by atoms with Gasteiger partial charge in [-0.3, -0.25) is 14.9 Å². The topological polar surface area (TPSA) is 90.7 Å². The SMILES string of the molecule is COc1ccc([N+](=O)[O-])cc1OCC(=O)NCCSCc1cccs1. The number of thioether (sulfide) groups is 1. The molecule has 0 saturated heterocycles. The van der Waals surface area contributed by atoms with Crippen LogP contribution in [0.2, 0.25) is 0 Å². The zero-order valence-electron chi connectivity index (χ0n) is 13.6. The molecule has 1 aromatic heterocycles. The first-order chi connectivity index (χ1) is 12.1. The molecule has 0 unspecified atom stereocenters. The first-order valence-electron chi connectivity index (χ1n) is 7.42. The standard InChI is InChI=1S/C16H18N2O5S2/c1-22-14-5-4-12(18(20)21)9-15(14)23-10-16(19)17-6-8-24-11-13-3-2-7-25-13/h2-5,7,9H,6,8,10-11H2,1H3,(H,17,19). The molecular weight excluding hydrogens is 364 g/mol. The third kappa shape index (κ3) is 6.28. The molecule has 0 spiro atoms. The van der Waals surface area contributed by atoms with Crippen molar-refractivity contribution in [2.75, 3.05) is 26.0 Å². The summed E-state index contributed by atoms with van der Waals surface area (Å²) in [4.78, 5) is 23.4. The average Bonchev–Trinajstić information content (AvgIpc) is 3.12. The molecular formula is C16H18N2O5S2. The molecule has 0 atom stereocenters. The Morgan fingerprint density at radius 1 is 1.36 bits per heavy atom. The Morgan fingerprint density at radius 2 is 2.20 bits per heavy atom. The molecule has 0 radical (unpaired) electrons. The molecule has 0 saturated carbocycles. The molecule has 7 nitrogen and oxygen atoms in total. The average molecular weight is 382 g/mol. The van der Waals surface area contributed by atoms with Crippen LogP contribution in [0.1, 0.15) is 4.88 Å². The number of non-ortho nitro benzene ring substituents is 1. The normalized spacial score (nSPS) is 10.3. The lowest BCUT2D eigenvalue weighted by molar-refractivity contribution is -0.385. The minimum Gasteiger partial charge on any atom is -0.493 e. The van der Waals surface area contributed by atoms with Gasteiger partial charge in [-0.2, -0.15) is 11.8 Å². The summed E-state index contributed by atoms with van der Waals surface area (Å²) in [5.41, 5.74) is -0.124. The Kier molecular flexibility index (Phi) is 7.55. The van der Waals surface area contributed by atoms with E-state index in [0.29, 0.717) is 12.3 Å². The molecule has 1 amide bonds. The minimum atomic E-state index is -0.531. The molecule has 25 heavy (non-hydrogen) atoms. The highest BCUT2D eigenvalue weighted by atomic mass is 32.2. The Morgan fingerprint density at radius 3 is 2.88 bits per heavy atom. The predicted octanol–water partition coefficient (Wildman–Crippen LogP) is 3.09. The first-order valence-corrected chi connectivity index (χ1v) is 9.45. The van der Waals surface area contributed by atoms with Crippen molar-refractivity contribution in [3.8, 4) is 11.5 Å². The van der Waals surface area contributed by atoms with Crippen LogP contribution in [0.25, 0.3) is 0 Å². The van der Waals surface area contributed by atoms with E-state index in [1.165, 1.54) is 30.2 Å². The van der Waals surface area contributed by atoms with Gasteiger partial charge < -0.3 is 14.8 Å². The molecule has 2 aromatic rings. The zero-order valence-corrected chi connectivity index (χ0v) is 15.2. The molecule has 134 valence electrons. The van der Waals surface area contributed by atoms with Crippen molar-refractivity contribution in [3.63, 3.8) is 0 Å². The predicted molar refractivity (Wildman–Crippen MR) is 98.6 cm³/mol. The maximum Gasteiger partial charge on any atom is 0.273 e. The van der Waals surface area contributed by atoms with Crippen molar-refractivity contribution >= 4 is 34.7 Å². The number of hydrogen-bond donors (Lipinski definition) is 1. The van der Waals surface area contributed by atoms with E-state index in [0.717, 1.165) is 11.5 Å². The highest BCUT2D eigenvalue weighted by Gasteiger charge is 2.13. The smallest absolute Gasteiger partial charge is 0.273 e. The number of benzene rings is 1. The van der Waals surface area contributed by atoms with Crippen LogP contribution in [0, 0.1) is 10.1 Å². The van der Waals surface area contributed by atoms with Crippen molar-refractivity contribution in [3.05, 3.63) is 50.7 Å². The van der Waals surface area contributed by atoms with E-state index in [9.17, 15) is 14.9 Å². The van der Waals surface area contributed by atoms with Gasteiger partial charge in [-0.15, -0.1) is 11.3 Å². The summed E-state index contributed by atoms with van der Waals surface area (Å²) < 4.78 is 10.4. The first kappa shape index (κ1) is 19.1. The van der Waals surface area contributed by atoms with Crippen molar-refractivity contribution in [1.82, 2.24) is 5.32 Å². The van der Waals surface area contributed by atoms with Crippen LogP contribution in [-0.2, 0) is 10.5 Å². The number of amides is 1. The maximum atomic E-state index is 11.8. The van der Waals surface area contributed by atoms with Crippen LogP contribution in [-0.4, -0.2) is 36.8 Å². The van der Waals surface area contributed by atoms with Gasteiger partial charge >= 0.3 is 0 Å². The second kappa shape index (κ2) is 9.90. The monoisotopic (exact) mass is 382 g/mol. The van der Waals surface area contributed by atoms with E-state index in [1.54, 1.807) is 23.1 Å². The Hall–Kier alpha value is -2.26. The summed E-state index contributed by atoms with van der Waals surface area (Å²) >= 11 is 3.45. The summed E-state index contributed by atoms with van der Waals surface area (Å²) in [6, 6.07) is 8.09. The lowest BCUT2D eigenvalue weighted by atomic mass is 10.3. The van der Waals surface area contributed by atoms with Crippen LogP contribution in [0.15, 0.2) is 35.7 Å². The molecule has 0 bridgehead atoms. The molecule has 1 aromatic carbocycles. The van der Waals surface area contributed by atoms with Gasteiger partial charge in [-0.25, -0.2) is 0 Å². The fraction of sp³-hybridized carbons (Fsp3) is 0.312. The maximum absolute atomic E-state index is 11.8. The Balaban J connectivity index is 1.72. The van der Waals surface area contributed by atoms with Gasteiger partial charge in [0.25, 0.3) is 11.6 Å². The largest absolute Gasteiger partial charge is 0.493 e. The van der Waals surface area contributed by atoms with E-state index in [4.69, 9.17) is 9.47 Å². The third-order valence-electron chi connectivity index (χ3n) is 3.11. The second-order valence-electron chi connectivity index (χ2n) is 4.86. The van der Waals surface area contributed by atoms with Crippen LogP contribution in [0.3, 0.4) is 0 Å². The molecule has 0 aliphatic carbocycles. The summed E-state index contributed by atoms with van der Waals surface area (Å²) in [5.74, 6) is 1.94. The van der Waals surface area contributed by atoms with Crippen molar-refractivity contribution in [2.45, 2.75) is 5.75 Å². The van der Waals surface area contributed by atoms with Crippen molar-refractivity contribution in [2.24, 2.45) is 0 Å². The summed E-state index contributed by atoms with van der Waals surface area (Å²) in [6.45, 7) is 0.303. The molecule has 0 aliphatic heterocycles. The molecule has 1 N–H and O–H groups in total. The van der Waals surface area contributed by atoms with Gasteiger partial charge in [0.05, 0.1) is 18.1 Å². The Bertz CT molecular complexity index is 707. The van der Waals surface area contributed by atoms with E-state index >= 15 is 0 Å². The fourth-order valence-corrected chi connectivity index (χ4v) is 3.62. The number of ether oxygens (including phenoxy) is 2. The fourth-order valence-electron chi connectivity index (χ4n) is 1.92. The number of hydrogen-bond acceptors (Lipinski definition) is 7. The molecule has 9 heteroatoms. The molecule has 0 fully saturated rings. The van der Waals surface area contributed by atoms with Crippen LogP contribution in [0.5, 0.6) is 11.5 Å². The van der Waals surface area contributed by atoms with E-state index in [1.807, 2.05) is 11.4 Å². The minimum absolute atomic E-state index is 0.124. The number of nitro benzene ring substituents is 1. The lowest BCUT2D eigenvalue weighted by Gasteiger charge is -2.10. The number of nitrogens with zero attached hydrogens (tertiary/aromatic N) is 1. The number of carbonyl (C=O) groups excluding carboxylic acids is 1. The van der Waals surface area contributed by atoms with E-state index in [-0.39, 0.29) is 24.0 Å². The number of nitro groups is 1. The van der Waals surface area contributed by atoms with Crippen LogP contribution < -0.4 is 14.8 Å². The second-order valence-corrected chi connectivity index (χ2v) is 7.00. The summed E-state index contributed by atoms with van der Waals surface area (Å²) in [6.07, 6.45) is 0. The summed E-state index contributed by atoms with van der Waals surface area (Å²) in [7, 11) is 1.43. The van der Waals surface area contributed by atoms with Crippen LogP contribution in [0.4, 0.5) is 5.69 Å².